The number of rotatable bonds is 8. The monoisotopic (exact) mass is 445 g/mol. The summed E-state index contributed by atoms with van der Waals surface area (Å²) in [6, 6.07) is 14.3. The van der Waals surface area contributed by atoms with E-state index >= 15 is 0 Å². The van der Waals surface area contributed by atoms with Crippen molar-refractivity contribution in [3.63, 3.8) is 0 Å². The van der Waals surface area contributed by atoms with Gasteiger partial charge >= 0.3 is 0 Å². The van der Waals surface area contributed by atoms with E-state index in [4.69, 9.17) is 4.74 Å². The molecule has 0 spiro atoms. The molecule has 2 N–H and O–H groups in total. The smallest absolute Gasteiger partial charge is 0.143 e. The predicted octanol–water partition coefficient (Wildman–Crippen LogP) is 3.78. The third-order valence-electron chi connectivity index (χ3n) is 5.04. The largest absolute Gasteiger partial charge is 0.491 e. The van der Waals surface area contributed by atoms with Gasteiger partial charge in [-0.25, -0.2) is 4.68 Å². The van der Waals surface area contributed by atoms with Crippen LogP contribution in [-0.4, -0.2) is 44.6 Å². The Balaban J connectivity index is 0.00000341. The van der Waals surface area contributed by atoms with Crippen LogP contribution in [0.3, 0.4) is 0 Å². The van der Waals surface area contributed by atoms with Crippen molar-refractivity contribution in [1.29, 1.82) is 0 Å². The molecule has 8 heteroatoms. The fourth-order valence-corrected chi connectivity index (χ4v) is 3.23. The molecule has 2 unspecified atom stereocenters. The number of benzene rings is 2. The molecule has 0 saturated heterocycles. The molecule has 0 aliphatic rings. The molecule has 0 bridgehead atoms. The van der Waals surface area contributed by atoms with E-state index < -0.39 is 6.10 Å². The molecule has 0 amide bonds. The molecule has 3 aromatic rings. The maximum atomic E-state index is 10.4. The minimum Gasteiger partial charge on any atom is -0.491 e. The number of hydrogen-bond donors (Lipinski definition) is 2. The van der Waals surface area contributed by atoms with E-state index in [0.717, 1.165) is 22.6 Å². The van der Waals surface area contributed by atoms with E-state index in [1.54, 1.807) is 11.0 Å². The van der Waals surface area contributed by atoms with E-state index in [1.165, 1.54) is 5.56 Å². The van der Waals surface area contributed by atoms with Crippen molar-refractivity contribution in [2.45, 2.75) is 52.2 Å². The number of nitrogens with zero attached hydrogens (tertiary/aromatic N) is 4. The summed E-state index contributed by atoms with van der Waals surface area (Å²) in [5.74, 6) is 0.832. The number of aromatic nitrogens is 4. The standard InChI is InChI=1S/C23H31N5O2.ClH/c1-16-6-11-22(21(12-16)23(3,4)5)30-14-20(29)13-24-17(2)18-7-9-19(10-8-18)28-15-25-26-27-28;/h6-12,15,17,20,24,29H,13-14H2,1-5H3;1H. The van der Waals surface area contributed by atoms with Gasteiger partial charge in [-0.2, -0.15) is 0 Å². The van der Waals surface area contributed by atoms with Crippen molar-refractivity contribution >= 4 is 12.4 Å². The second kappa shape index (κ2) is 10.7. The average molecular weight is 446 g/mol. The van der Waals surface area contributed by atoms with Crippen molar-refractivity contribution in [1.82, 2.24) is 25.5 Å². The molecule has 1 heterocycles. The van der Waals surface area contributed by atoms with Crippen LogP contribution in [0.2, 0.25) is 0 Å². The van der Waals surface area contributed by atoms with Crippen LogP contribution in [0.5, 0.6) is 5.75 Å². The van der Waals surface area contributed by atoms with Crippen LogP contribution < -0.4 is 10.1 Å². The lowest BCUT2D eigenvalue weighted by molar-refractivity contribution is 0.103. The van der Waals surface area contributed by atoms with Gasteiger partial charge in [-0.15, -0.1) is 17.5 Å². The Morgan fingerprint density at radius 2 is 1.84 bits per heavy atom. The number of tetrazole rings is 1. The molecule has 3 rings (SSSR count). The zero-order valence-corrected chi connectivity index (χ0v) is 19.6. The summed E-state index contributed by atoms with van der Waals surface area (Å²) in [7, 11) is 0. The molecule has 168 valence electrons. The lowest BCUT2D eigenvalue weighted by Crippen LogP contribution is -2.33. The van der Waals surface area contributed by atoms with Gasteiger partial charge in [0.1, 0.15) is 24.8 Å². The molecular formula is C23H32ClN5O2. The quantitative estimate of drug-likeness (QED) is 0.548. The molecule has 0 aliphatic heterocycles. The molecule has 0 fully saturated rings. The Morgan fingerprint density at radius 3 is 2.45 bits per heavy atom. The zero-order chi connectivity index (χ0) is 21.7. The first-order chi connectivity index (χ1) is 14.2. The Morgan fingerprint density at radius 1 is 1.13 bits per heavy atom. The summed E-state index contributed by atoms with van der Waals surface area (Å²) in [5, 5.41) is 25.0. The molecule has 2 aromatic carbocycles. The van der Waals surface area contributed by atoms with Crippen LogP contribution in [-0.2, 0) is 5.41 Å². The topological polar surface area (TPSA) is 85.1 Å². The highest BCUT2D eigenvalue weighted by atomic mass is 35.5. The van der Waals surface area contributed by atoms with Crippen molar-refractivity contribution in [3.8, 4) is 11.4 Å². The summed E-state index contributed by atoms with van der Waals surface area (Å²) in [4.78, 5) is 0. The SMILES string of the molecule is Cc1ccc(OCC(O)CNC(C)c2ccc(-n3cnnn3)cc2)c(C(C)(C)C)c1.Cl. The maximum absolute atomic E-state index is 10.4. The van der Waals surface area contributed by atoms with Crippen LogP contribution in [0.15, 0.2) is 48.8 Å². The molecule has 7 nitrogen and oxygen atoms in total. The molecule has 0 aliphatic carbocycles. The van der Waals surface area contributed by atoms with Gasteiger partial charge in [0.25, 0.3) is 0 Å². The van der Waals surface area contributed by atoms with Crippen molar-refractivity contribution in [3.05, 3.63) is 65.5 Å². The molecule has 1 aromatic heterocycles. The van der Waals surface area contributed by atoms with Gasteiger partial charge in [-0.05, 0) is 59.0 Å². The van der Waals surface area contributed by atoms with Gasteiger partial charge in [-0.1, -0.05) is 50.6 Å². The molecule has 0 radical (unpaired) electrons. The lowest BCUT2D eigenvalue weighted by atomic mass is 9.85. The summed E-state index contributed by atoms with van der Waals surface area (Å²) < 4.78 is 7.57. The number of nitrogens with one attached hydrogen (secondary N) is 1. The Kier molecular flexibility index (Phi) is 8.56. The van der Waals surface area contributed by atoms with Gasteiger partial charge in [0.2, 0.25) is 0 Å². The first kappa shape index (κ1) is 24.8. The van der Waals surface area contributed by atoms with Gasteiger partial charge in [0, 0.05) is 12.6 Å². The van der Waals surface area contributed by atoms with E-state index in [9.17, 15) is 5.11 Å². The van der Waals surface area contributed by atoms with Crippen LogP contribution >= 0.6 is 12.4 Å². The highest BCUT2D eigenvalue weighted by Crippen LogP contribution is 2.32. The van der Waals surface area contributed by atoms with E-state index in [2.05, 4.69) is 61.5 Å². The minimum absolute atomic E-state index is 0. The number of aryl methyl sites for hydroxylation is 1. The number of aliphatic hydroxyl groups excluding tert-OH is 1. The average Bonchev–Trinajstić information content (AvgIpc) is 3.25. The van der Waals surface area contributed by atoms with Crippen molar-refractivity contribution < 1.29 is 9.84 Å². The van der Waals surface area contributed by atoms with Crippen LogP contribution in [0.25, 0.3) is 5.69 Å². The number of hydrogen-bond acceptors (Lipinski definition) is 6. The summed E-state index contributed by atoms with van der Waals surface area (Å²) in [5.41, 5.74) is 4.35. The maximum Gasteiger partial charge on any atom is 0.143 e. The van der Waals surface area contributed by atoms with Crippen molar-refractivity contribution in [2.75, 3.05) is 13.2 Å². The first-order valence-corrected chi connectivity index (χ1v) is 10.2. The van der Waals surface area contributed by atoms with Crippen LogP contribution in [0.1, 0.15) is 50.4 Å². The minimum atomic E-state index is -0.609. The first-order valence-electron chi connectivity index (χ1n) is 10.2. The van der Waals surface area contributed by atoms with Gasteiger partial charge in [-0.3, -0.25) is 0 Å². The number of ether oxygens (including phenoxy) is 1. The van der Waals surface area contributed by atoms with Gasteiger partial charge in [0.05, 0.1) is 5.69 Å². The lowest BCUT2D eigenvalue weighted by Gasteiger charge is -2.24. The van der Waals surface area contributed by atoms with E-state index in [1.807, 2.05) is 36.4 Å². The summed E-state index contributed by atoms with van der Waals surface area (Å²) in [6.45, 7) is 11.3. The molecule has 2 atom stereocenters. The normalized spacial score (nSPS) is 13.4. The number of aliphatic hydroxyl groups is 1. The van der Waals surface area contributed by atoms with E-state index in [-0.39, 0.29) is 30.5 Å². The highest BCUT2D eigenvalue weighted by molar-refractivity contribution is 5.85. The van der Waals surface area contributed by atoms with Crippen LogP contribution in [0, 0.1) is 6.92 Å². The molecular weight excluding hydrogens is 414 g/mol. The van der Waals surface area contributed by atoms with Gasteiger partial charge < -0.3 is 15.2 Å². The fraction of sp³-hybridized carbons (Fsp3) is 0.435. The fourth-order valence-electron chi connectivity index (χ4n) is 3.23. The predicted molar refractivity (Wildman–Crippen MR) is 124 cm³/mol. The molecule has 31 heavy (non-hydrogen) atoms. The van der Waals surface area contributed by atoms with Gasteiger partial charge in [0.15, 0.2) is 0 Å². The summed E-state index contributed by atoms with van der Waals surface area (Å²) >= 11 is 0. The second-order valence-electron chi connectivity index (χ2n) is 8.69. The van der Waals surface area contributed by atoms with Crippen LogP contribution in [0.4, 0.5) is 0 Å². The molecule has 0 saturated carbocycles. The zero-order valence-electron chi connectivity index (χ0n) is 18.7. The van der Waals surface area contributed by atoms with E-state index in [0.29, 0.717) is 6.54 Å². The Bertz CT molecular complexity index is 940. The Hall–Kier alpha value is -2.48. The Labute approximate surface area is 190 Å². The third kappa shape index (κ3) is 6.75. The summed E-state index contributed by atoms with van der Waals surface area (Å²) in [6.07, 6.45) is 0.952. The number of halogens is 1. The second-order valence-corrected chi connectivity index (χ2v) is 8.69. The highest BCUT2D eigenvalue weighted by Gasteiger charge is 2.20. The third-order valence-corrected chi connectivity index (χ3v) is 5.04. The van der Waals surface area contributed by atoms with Crippen molar-refractivity contribution in [2.24, 2.45) is 0 Å².